The molecule has 17 heavy (non-hydrogen) atoms. The second-order valence-electron chi connectivity index (χ2n) is 3.77. The van der Waals surface area contributed by atoms with Gasteiger partial charge < -0.3 is 10.1 Å². The Kier molecular flexibility index (Phi) is 4.69. The largest absolute Gasteiger partial charge is 0.459 e. The predicted molar refractivity (Wildman–Crippen MR) is 64.4 cm³/mol. The van der Waals surface area contributed by atoms with E-state index < -0.39 is 11.9 Å². The highest BCUT2D eigenvalue weighted by Gasteiger charge is 2.18. The maximum Gasteiger partial charge on any atom is 0.396 e. The van der Waals surface area contributed by atoms with Crippen LogP contribution >= 0.6 is 0 Å². The van der Waals surface area contributed by atoms with Crippen molar-refractivity contribution in [3.05, 3.63) is 35.4 Å². The number of carbonyl (C=O) groups excluding carboxylic acids is 2. The van der Waals surface area contributed by atoms with E-state index in [2.05, 4.69) is 10.1 Å². The molecule has 1 aromatic rings. The molecule has 0 saturated carbocycles. The molecule has 0 fully saturated rings. The molecule has 1 atom stereocenters. The van der Waals surface area contributed by atoms with Gasteiger partial charge in [0, 0.05) is 0 Å². The van der Waals surface area contributed by atoms with Crippen LogP contribution in [0, 0.1) is 6.92 Å². The Morgan fingerprint density at radius 3 is 2.59 bits per heavy atom. The number of aryl methyl sites for hydroxylation is 1. The first-order valence-corrected chi connectivity index (χ1v) is 5.59. The van der Waals surface area contributed by atoms with Gasteiger partial charge in [-0.1, -0.05) is 24.3 Å². The van der Waals surface area contributed by atoms with E-state index in [4.69, 9.17) is 0 Å². The number of ether oxygens (including phenoxy) is 1. The normalized spacial score (nSPS) is 11.7. The third kappa shape index (κ3) is 3.59. The van der Waals surface area contributed by atoms with Crippen molar-refractivity contribution in [1.82, 2.24) is 5.32 Å². The second kappa shape index (κ2) is 6.03. The molecule has 0 bridgehead atoms. The Labute approximate surface area is 101 Å². The molecule has 1 unspecified atom stereocenters. The molecule has 0 saturated heterocycles. The molecule has 92 valence electrons. The summed E-state index contributed by atoms with van der Waals surface area (Å²) in [6.07, 6.45) is 0. The van der Waals surface area contributed by atoms with Gasteiger partial charge in [0.2, 0.25) is 0 Å². The van der Waals surface area contributed by atoms with Gasteiger partial charge in [0.15, 0.2) is 0 Å². The lowest BCUT2D eigenvalue weighted by Crippen LogP contribution is -2.34. The minimum Gasteiger partial charge on any atom is -0.459 e. The molecule has 0 radical (unpaired) electrons. The first-order valence-electron chi connectivity index (χ1n) is 5.59. The fraction of sp³-hybridized carbons (Fsp3) is 0.385. The van der Waals surface area contributed by atoms with E-state index in [0.29, 0.717) is 0 Å². The zero-order valence-corrected chi connectivity index (χ0v) is 10.3. The van der Waals surface area contributed by atoms with Crippen LogP contribution in [0.4, 0.5) is 0 Å². The SMILES string of the molecule is CCOC(=O)C(=O)NC(C)c1ccccc1C. The van der Waals surface area contributed by atoms with Crippen LogP contribution in [0.15, 0.2) is 24.3 Å². The number of rotatable bonds is 3. The quantitative estimate of drug-likeness (QED) is 0.641. The van der Waals surface area contributed by atoms with E-state index in [0.717, 1.165) is 11.1 Å². The summed E-state index contributed by atoms with van der Waals surface area (Å²) < 4.78 is 4.62. The van der Waals surface area contributed by atoms with E-state index in [1.807, 2.05) is 38.1 Å². The standard InChI is InChI=1S/C13H17NO3/c1-4-17-13(16)12(15)14-10(3)11-8-6-5-7-9(11)2/h5-8,10H,4H2,1-3H3,(H,14,15). The smallest absolute Gasteiger partial charge is 0.396 e. The van der Waals surface area contributed by atoms with E-state index in [1.165, 1.54) is 0 Å². The number of esters is 1. The van der Waals surface area contributed by atoms with Crippen LogP contribution in [0.5, 0.6) is 0 Å². The van der Waals surface area contributed by atoms with Crippen LogP contribution in [-0.2, 0) is 14.3 Å². The maximum atomic E-state index is 11.4. The molecule has 4 nitrogen and oxygen atoms in total. The number of amides is 1. The van der Waals surface area contributed by atoms with Gasteiger partial charge in [0.25, 0.3) is 0 Å². The van der Waals surface area contributed by atoms with E-state index in [1.54, 1.807) is 6.92 Å². The Morgan fingerprint density at radius 2 is 2.00 bits per heavy atom. The number of carbonyl (C=O) groups is 2. The van der Waals surface area contributed by atoms with Crippen molar-refractivity contribution in [2.24, 2.45) is 0 Å². The van der Waals surface area contributed by atoms with Crippen LogP contribution in [0.25, 0.3) is 0 Å². The molecule has 0 aliphatic heterocycles. The van der Waals surface area contributed by atoms with E-state index in [-0.39, 0.29) is 12.6 Å². The third-order valence-electron chi connectivity index (χ3n) is 2.46. The topological polar surface area (TPSA) is 55.4 Å². The van der Waals surface area contributed by atoms with Crippen LogP contribution in [0.3, 0.4) is 0 Å². The van der Waals surface area contributed by atoms with Gasteiger partial charge in [0.1, 0.15) is 0 Å². The van der Waals surface area contributed by atoms with Gasteiger partial charge in [-0.05, 0) is 31.9 Å². The van der Waals surface area contributed by atoms with E-state index in [9.17, 15) is 9.59 Å². The molecular formula is C13H17NO3. The molecule has 0 heterocycles. The Hall–Kier alpha value is -1.84. The van der Waals surface area contributed by atoms with Crippen LogP contribution in [0.2, 0.25) is 0 Å². The first-order chi connectivity index (χ1) is 8.06. The van der Waals surface area contributed by atoms with Gasteiger partial charge in [-0.25, -0.2) is 4.79 Å². The Morgan fingerprint density at radius 1 is 1.35 bits per heavy atom. The summed E-state index contributed by atoms with van der Waals surface area (Å²) in [5, 5.41) is 2.61. The van der Waals surface area contributed by atoms with Crippen molar-refractivity contribution in [2.45, 2.75) is 26.8 Å². The zero-order chi connectivity index (χ0) is 12.8. The molecular weight excluding hydrogens is 218 g/mol. The van der Waals surface area contributed by atoms with Gasteiger partial charge in [-0.3, -0.25) is 4.79 Å². The summed E-state index contributed by atoms with van der Waals surface area (Å²) in [5.74, 6) is -1.55. The molecule has 1 N–H and O–H groups in total. The monoisotopic (exact) mass is 235 g/mol. The zero-order valence-electron chi connectivity index (χ0n) is 10.3. The fourth-order valence-electron chi connectivity index (χ4n) is 1.60. The first kappa shape index (κ1) is 13.2. The molecule has 0 aliphatic carbocycles. The number of hydrogen-bond acceptors (Lipinski definition) is 3. The summed E-state index contributed by atoms with van der Waals surface area (Å²) in [6.45, 7) is 5.66. The molecule has 0 aromatic heterocycles. The van der Waals surface area contributed by atoms with Crippen molar-refractivity contribution in [3.8, 4) is 0 Å². The summed E-state index contributed by atoms with van der Waals surface area (Å²) in [5.41, 5.74) is 2.06. The molecule has 1 amide bonds. The van der Waals surface area contributed by atoms with Gasteiger partial charge >= 0.3 is 11.9 Å². The third-order valence-corrected chi connectivity index (χ3v) is 2.46. The Balaban J connectivity index is 2.67. The molecule has 4 heteroatoms. The number of nitrogens with one attached hydrogen (secondary N) is 1. The highest BCUT2D eigenvalue weighted by molar-refractivity contribution is 6.32. The minimum atomic E-state index is -0.840. The van der Waals surface area contributed by atoms with Gasteiger partial charge in [-0.15, -0.1) is 0 Å². The highest BCUT2D eigenvalue weighted by Crippen LogP contribution is 2.16. The van der Waals surface area contributed by atoms with Gasteiger partial charge in [0.05, 0.1) is 12.6 Å². The summed E-state index contributed by atoms with van der Waals surface area (Å²) in [7, 11) is 0. The number of hydrogen-bond donors (Lipinski definition) is 1. The molecule has 0 aliphatic rings. The molecule has 1 rings (SSSR count). The lowest BCUT2D eigenvalue weighted by molar-refractivity contribution is -0.154. The van der Waals surface area contributed by atoms with E-state index >= 15 is 0 Å². The van der Waals surface area contributed by atoms with Crippen molar-refractivity contribution < 1.29 is 14.3 Å². The van der Waals surface area contributed by atoms with Crippen LogP contribution in [0.1, 0.15) is 31.0 Å². The number of benzene rings is 1. The fourth-order valence-corrected chi connectivity index (χ4v) is 1.60. The summed E-state index contributed by atoms with van der Waals surface area (Å²) >= 11 is 0. The lowest BCUT2D eigenvalue weighted by Gasteiger charge is -2.15. The average molecular weight is 235 g/mol. The minimum absolute atomic E-state index is 0.199. The summed E-state index contributed by atoms with van der Waals surface area (Å²) in [4.78, 5) is 22.6. The average Bonchev–Trinajstić information content (AvgIpc) is 2.29. The highest BCUT2D eigenvalue weighted by atomic mass is 16.5. The van der Waals surface area contributed by atoms with Gasteiger partial charge in [-0.2, -0.15) is 0 Å². The van der Waals surface area contributed by atoms with Crippen LogP contribution < -0.4 is 5.32 Å². The van der Waals surface area contributed by atoms with Crippen LogP contribution in [-0.4, -0.2) is 18.5 Å². The second-order valence-corrected chi connectivity index (χ2v) is 3.77. The molecule has 0 spiro atoms. The summed E-state index contributed by atoms with van der Waals surface area (Å²) in [6, 6.07) is 7.50. The van der Waals surface area contributed by atoms with Crippen molar-refractivity contribution in [3.63, 3.8) is 0 Å². The van der Waals surface area contributed by atoms with Crippen molar-refractivity contribution in [2.75, 3.05) is 6.61 Å². The maximum absolute atomic E-state index is 11.4. The van der Waals surface area contributed by atoms with Crippen molar-refractivity contribution >= 4 is 11.9 Å². The predicted octanol–water partition coefficient (Wildman–Crippen LogP) is 1.74. The molecule has 1 aromatic carbocycles. The lowest BCUT2D eigenvalue weighted by atomic mass is 10.0. The Bertz CT molecular complexity index is 415. The van der Waals surface area contributed by atoms with Crippen molar-refractivity contribution in [1.29, 1.82) is 0 Å².